The van der Waals surface area contributed by atoms with Crippen molar-refractivity contribution in [1.82, 2.24) is 9.88 Å². The molecule has 0 spiro atoms. The van der Waals surface area contributed by atoms with Gasteiger partial charge in [0.2, 0.25) is 26.6 Å². The number of anilines is 1. The Balaban J connectivity index is 1.49. The van der Waals surface area contributed by atoms with Crippen LogP contribution < -0.4 is 4.90 Å². The van der Waals surface area contributed by atoms with Crippen LogP contribution in [0, 0.1) is 12.7 Å². The number of nitrogens with zero attached hydrogens (tertiary/aromatic N) is 3. The molecule has 3 heterocycles. The van der Waals surface area contributed by atoms with Crippen LogP contribution in [-0.4, -0.2) is 50.4 Å². The first-order valence-electron chi connectivity index (χ1n) is 11.0. The Hall–Kier alpha value is -3.92. The summed E-state index contributed by atoms with van der Waals surface area (Å²) in [5.41, 5.74) is 1.37. The predicted molar refractivity (Wildman–Crippen MR) is 125 cm³/mol. The molecule has 1 saturated heterocycles. The third-order valence-corrected chi connectivity index (χ3v) is 7.51. The summed E-state index contributed by atoms with van der Waals surface area (Å²) in [5, 5.41) is -0.216. The van der Waals surface area contributed by atoms with E-state index in [4.69, 9.17) is 8.83 Å². The van der Waals surface area contributed by atoms with Gasteiger partial charge in [-0.2, -0.15) is 4.98 Å². The highest BCUT2D eigenvalue weighted by Gasteiger charge is 2.34. The highest BCUT2D eigenvalue weighted by atomic mass is 32.2. The number of halogens is 1. The monoisotopic (exact) mass is 495 g/mol. The number of aryl methyl sites for hydroxylation is 1. The second-order valence-electron chi connectivity index (χ2n) is 8.21. The van der Waals surface area contributed by atoms with Crippen molar-refractivity contribution in [3.05, 3.63) is 84.1 Å². The largest absolute Gasteiger partial charge is 0.459 e. The van der Waals surface area contributed by atoms with E-state index in [0.29, 0.717) is 31.7 Å². The topological polar surface area (TPSA) is 96.9 Å². The van der Waals surface area contributed by atoms with Gasteiger partial charge in [0.1, 0.15) is 5.82 Å². The first kappa shape index (κ1) is 22.9. The van der Waals surface area contributed by atoms with Gasteiger partial charge in [-0.15, -0.1) is 0 Å². The molecule has 0 unspecified atom stereocenters. The number of amides is 1. The van der Waals surface area contributed by atoms with Crippen LogP contribution in [0.3, 0.4) is 0 Å². The maximum atomic E-state index is 13.5. The molecule has 180 valence electrons. The molecule has 2 aromatic carbocycles. The summed E-state index contributed by atoms with van der Waals surface area (Å²) in [6.45, 7) is 3.22. The Labute approximate surface area is 201 Å². The molecule has 0 radical (unpaired) electrons. The van der Waals surface area contributed by atoms with Gasteiger partial charge in [-0.1, -0.05) is 17.7 Å². The average molecular weight is 496 g/mol. The molecule has 5 rings (SSSR count). The van der Waals surface area contributed by atoms with Gasteiger partial charge >= 0.3 is 0 Å². The summed E-state index contributed by atoms with van der Waals surface area (Å²) in [7, 11) is -4.01. The van der Waals surface area contributed by atoms with Crippen molar-refractivity contribution in [2.45, 2.75) is 16.8 Å². The number of rotatable bonds is 5. The number of oxazole rings is 1. The van der Waals surface area contributed by atoms with Crippen molar-refractivity contribution in [3.8, 4) is 11.5 Å². The quantitative estimate of drug-likeness (QED) is 0.410. The van der Waals surface area contributed by atoms with Crippen molar-refractivity contribution < 1.29 is 26.4 Å². The number of hydrogen-bond acceptors (Lipinski definition) is 7. The lowest BCUT2D eigenvalue weighted by Gasteiger charge is -2.34. The van der Waals surface area contributed by atoms with Gasteiger partial charge in [-0.05, 0) is 55.5 Å². The molecule has 0 bridgehead atoms. The highest BCUT2D eigenvalue weighted by molar-refractivity contribution is 7.91. The number of piperazine rings is 1. The van der Waals surface area contributed by atoms with Crippen LogP contribution in [0.25, 0.3) is 11.5 Å². The minimum absolute atomic E-state index is 0.0692. The molecule has 1 aliphatic heterocycles. The zero-order chi connectivity index (χ0) is 24.6. The van der Waals surface area contributed by atoms with E-state index in [1.54, 1.807) is 34.1 Å². The molecule has 1 amide bonds. The zero-order valence-corrected chi connectivity index (χ0v) is 19.7. The summed E-state index contributed by atoms with van der Waals surface area (Å²) in [6.07, 6.45) is 1.44. The number of sulfone groups is 1. The van der Waals surface area contributed by atoms with E-state index < -0.39 is 15.7 Å². The first-order valence-corrected chi connectivity index (χ1v) is 12.5. The maximum Gasteiger partial charge on any atom is 0.289 e. The third kappa shape index (κ3) is 4.44. The van der Waals surface area contributed by atoms with Gasteiger partial charge < -0.3 is 18.6 Å². The number of carbonyl (C=O) groups is 1. The van der Waals surface area contributed by atoms with Crippen LogP contribution in [0.1, 0.15) is 16.1 Å². The molecule has 35 heavy (non-hydrogen) atoms. The van der Waals surface area contributed by atoms with E-state index in [2.05, 4.69) is 4.98 Å². The Bertz CT molecular complexity index is 1440. The van der Waals surface area contributed by atoms with Crippen molar-refractivity contribution >= 4 is 21.6 Å². The molecule has 0 aliphatic carbocycles. The fourth-order valence-electron chi connectivity index (χ4n) is 3.89. The Morgan fingerprint density at radius 1 is 0.971 bits per heavy atom. The first-order chi connectivity index (χ1) is 16.8. The Kier molecular flexibility index (Phi) is 5.89. The Morgan fingerprint density at radius 2 is 1.66 bits per heavy atom. The highest BCUT2D eigenvalue weighted by Crippen LogP contribution is 2.35. The lowest BCUT2D eigenvalue weighted by atomic mass is 10.2. The molecule has 8 nitrogen and oxygen atoms in total. The molecular weight excluding hydrogens is 473 g/mol. The van der Waals surface area contributed by atoms with Crippen molar-refractivity contribution in [2.75, 3.05) is 31.1 Å². The van der Waals surface area contributed by atoms with Gasteiger partial charge in [0.05, 0.1) is 11.2 Å². The molecular formula is C25H22FN3O5S. The molecule has 0 N–H and O–H groups in total. The summed E-state index contributed by atoms with van der Waals surface area (Å²) >= 11 is 0. The van der Waals surface area contributed by atoms with Crippen LogP contribution in [0.4, 0.5) is 10.3 Å². The Morgan fingerprint density at radius 3 is 2.29 bits per heavy atom. The maximum absolute atomic E-state index is 13.5. The van der Waals surface area contributed by atoms with E-state index in [9.17, 15) is 17.6 Å². The molecule has 0 saturated carbocycles. The molecule has 4 aromatic rings. The van der Waals surface area contributed by atoms with E-state index in [1.807, 2.05) is 6.92 Å². The second kappa shape index (κ2) is 9.03. The fourth-order valence-corrected chi connectivity index (χ4v) is 5.21. The standard InChI is InChI=1S/C25H22FN3O5S/c1-17-4-10-20(11-5-17)35(31,32)23-25(34-22(27-23)18-6-8-19(26)9-7-18)29-14-12-28(13-15-29)24(30)21-3-2-16-33-21/h2-11,16H,12-15H2,1H3. The van der Waals surface area contributed by atoms with Gasteiger partial charge in [-0.25, -0.2) is 12.8 Å². The minimum Gasteiger partial charge on any atom is -0.459 e. The molecule has 2 aromatic heterocycles. The number of furan rings is 1. The number of aromatic nitrogens is 1. The van der Waals surface area contributed by atoms with Gasteiger partial charge in [0.25, 0.3) is 5.91 Å². The summed E-state index contributed by atoms with van der Waals surface area (Å²) in [5.74, 6) is -0.244. The molecule has 1 fully saturated rings. The fraction of sp³-hybridized carbons (Fsp3) is 0.200. The van der Waals surface area contributed by atoms with E-state index in [-0.39, 0.29) is 33.4 Å². The summed E-state index contributed by atoms with van der Waals surface area (Å²) in [6, 6.07) is 15.2. The van der Waals surface area contributed by atoms with Crippen molar-refractivity contribution in [3.63, 3.8) is 0 Å². The molecule has 0 atom stereocenters. The van der Waals surface area contributed by atoms with Gasteiger partial charge in [-0.3, -0.25) is 4.79 Å². The smallest absolute Gasteiger partial charge is 0.289 e. The van der Waals surface area contributed by atoms with Crippen LogP contribution in [0.2, 0.25) is 0 Å². The number of carbonyl (C=O) groups excluding carboxylic acids is 1. The SMILES string of the molecule is Cc1ccc(S(=O)(=O)c2nc(-c3ccc(F)cc3)oc2N2CCN(C(=O)c3ccco3)CC2)cc1. The van der Waals surface area contributed by atoms with Crippen LogP contribution in [-0.2, 0) is 9.84 Å². The third-order valence-electron chi connectivity index (χ3n) is 5.84. The van der Waals surface area contributed by atoms with E-state index in [0.717, 1.165) is 5.56 Å². The van der Waals surface area contributed by atoms with Crippen molar-refractivity contribution in [1.29, 1.82) is 0 Å². The summed E-state index contributed by atoms with van der Waals surface area (Å²) in [4.78, 5) is 20.4. The van der Waals surface area contributed by atoms with Gasteiger partial charge in [0, 0.05) is 31.7 Å². The lowest BCUT2D eigenvalue weighted by molar-refractivity contribution is 0.0713. The van der Waals surface area contributed by atoms with E-state index >= 15 is 0 Å². The second-order valence-corrected chi connectivity index (χ2v) is 10.1. The van der Waals surface area contributed by atoms with Gasteiger partial charge in [0.15, 0.2) is 5.76 Å². The molecule has 10 heteroatoms. The van der Waals surface area contributed by atoms with Crippen molar-refractivity contribution in [2.24, 2.45) is 0 Å². The average Bonchev–Trinajstić information content (AvgIpc) is 3.56. The van der Waals surface area contributed by atoms with Crippen LogP contribution in [0.5, 0.6) is 0 Å². The predicted octanol–water partition coefficient (Wildman–Crippen LogP) is 4.18. The minimum atomic E-state index is -4.01. The van der Waals surface area contributed by atoms with E-state index in [1.165, 1.54) is 42.7 Å². The molecule has 1 aliphatic rings. The number of benzene rings is 2. The summed E-state index contributed by atoms with van der Waals surface area (Å²) < 4.78 is 51.7. The normalized spacial score (nSPS) is 14.3. The van der Waals surface area contributed by atoms with Crippen LogP contribution >= 0.6 is 0 Å². The lowest BCUT2D eigenvalue weighted by Crippen LogP contribution is -2.49. The zero-order valence-electron chi connectivity index (χ0n) is 18.8. The van der Waals surface area contributed by atoms with Crippen LogP contribution in [0.15, 0.2) is 85.7 Å². The number of hydrogen-bond donors (Lipinski definition) is 0.